The summed E-state index contributed by atoms with van der Waals surface area (Å²) in [7, 11) is 1.17. The van der Waals surface area contributed by atoms with Crippen LogP contribution in [0.25, 0.3) is 0 Å². The average Bonchev–Trinajstić information content (AvgIpc) is 1.99. The van der Waals surface area contributed by atoms with Crippen LogP contribution in [-0.4, -0.2) is 42.1 Å². The van der Waals surface area contributed by atoms with Crippen LogP contribution in [0.15, 0.2) is 0 Å². The van der Waals surface area contributed by atoms with E-state index in [2.05, 4.69) is 0 Å². The van der Waals surface area contributed by atoms with Crippen molar-refractivity contribution < 1.29 is 18.0 Å². The summed E-state index contributed by atoms with van der Waals surface area (Å²) < 4.78 is 35.7. The minimum atomic E-state index is -4.31. The topological polar surface area (TPSA) is 20.3 Å². The molecule has 0 aromatic carbocycles. The van der Waals surface area contributed by atoms with Crippen molar-refractivity contribution in [3.63, 3.8) is 0 Å². The molecule has 0 spiro atoms. The fourth-order valence-electron chi connectivity index (χ4n) is 0.849. The highest BCUT2D eigenvalue weighted by atomic mass is 32.2. The Balaban J connectivity index is 3.80. The average molecular weight is 243 g/mol. The number of amides is 1. The molecular formula is C9H16F3NOS. The predicted octanol–water partition coefficient (Wildman–Crippen LogP) is 2.40. The Kier molecular flexibility index (Phi) is 6.09. The van der Waals surface area contributed by atoms with Gasteiger partial charge in [-0.05, 0) is 11.7 Å². The van der Waals surface area contributed by atoms with Crippen LogP contribution in [0.3, 0.4) is 0 Å². The molecule has 0 radical (unpaired) electrons. The second-order valence-corrected chi connectivity index (χ2v) is 4.80. The molecule has 0 aromatic heterocycles. The van der Waals surface area contributed by atoms with Crippen LogP contribution in [0.2, 0.25) is 0 Å². The number of carbonyl (C=O) groups is 1. The van der Waals surface area contributed by atoms with Gasteiger partial charge >= 0.3 is 6.18 Å². The van der Waals surface area contributed by atoms with Crippen molar-refractivity contribution in [3.8, 4) is 0 Å². The molecule has 0 aliphatic carbocycles. The third-order valence-corrected chi connectivity index (χ3v) is 2.87. The maximum absolute atomic E-state index is 11.9. The van der Waals surface area contributed by atoms with E-state index in [9.17, 15) is 18.0 Å². The van der Waals surface area contributed by atoms with E-state index in [0.717, 1.165) is 5.75 Å². The van der Waals surface area contributed by atoms with Crippen LogP contribution in [0.4, 0.5) is 13.2 Å². The second-order valence-electron chi connectivity index (χ2n) is 3.77. The van der Waals surface area contributed by atoms with E-state index >= 15 is 0 Å². The molecule has 6 heteroatoms. The van der Waals surface area contributed by atoms with Gasteiger partial charge in [-0.3, -0.25) is 4.79 Å². The first-order chi connectivity index (χ1) is 6.72. The van der Waals surface area contributed by atoms with Crippen LogP contribution in [0.1, 0.15) is 13.8 Å². The first-order valence-electron chi connectivity index (χ1n) is 4.61. The fraction of sp³-hybridized carbons (Fsp3) is 0.889. The van der Waals surface area contributed by atoms with E-state index in [1.165, 1.54) is 18.8 Å². The first kappa shape index (κ1) is 14.6. The molecule has 0 atom stereocenters. The Morgan fingerprint density at radius 1 is 1.40 bits per heavy atom. The third kappa shape index (κ3) is 8.59. The molecule has 0 rings (SSSR count). The zero-order valence-corrected chi connectivity index (χ0v) is 9.91. The number of alkyl halides is 3. The summed E-state index contributed by atoms with van der Waals surface area (Å²) in [4.78, 5) is 11.9. The van der Waals surface area contributed by atoms with Crippen LogP contribution < -0.4 is 0 Å². The number of carbonyl (C=O) groups excluding carboxylic acids is 1. The van der Waals surface area contributed by atoms with Crippen LogP contribution >= 0.6 is 11.8 Å². The van der Waals surface area contributed by atoms with E-state index in [1.807, 2.05) is 13.8 Å². The summed E-state index contributed by atoms with van der Waals surface area (Å²) in [5.74, 6) is 0.866. The minimum Gasteiger partial charge on any atom is -0.336 e. The lowest BCUT2D eigenvalue weighted by Gasteiger charge is -2.18. The standard InChI is InChI=1S/C9H16F3NOS/c1-7(2)4-15-5-8(14)13(3)6-9(10,11)12/h7H,4-6H2,1-3H3. The zero-order valence-electron chi connectivity index (χ0n) is 9.10. The molecule has 15 heavy (non-hydrogen) atoms. The van der Waals surface area contributed by atoms with Crippen LogP contribution in [-0.2, 0) is 4.79 Å². The van der Waals surface area contributed by atoms with Crippen LogP contribution in [0, 0.1) is 5.92 Å². The highest BCUT2D eigenvalue weighted by Crippen LogP contribution is 2.16. The number of rotatable bonds is 5. The van der Waals surface area contributed by atoms with Gasteiger partial charge < -0.3 is 4.90 Å². The highest BCUT2D eigenvalue weighted by molar-refractivity contribution is 7.99. The molecule has 0 N–H and O–H groups in total. The van der Waals surface area contributed by atoms with E-state index < -0.39 is 18.6 Å². The number of halogens is 3. The zero-order chi connectivity index (χ0) is 12.1. The number of hydrogen-bond donors (Lipinski definition) is 0. The molecule has 1 amide bonds. The van der Waals surface area contributed by atoms with Crippen molar-refractivity contribution in [1.82, 2.24) is 4.90 Å². The molecule has 0 fully saturated rings. The second kappa shape index (κ2) is 6.25. The van der Waals surface area contributed by atoms with Gasteiger partial charge in [0.25, 0.3) is 0 Å². The Labute approximate surface area is 92.2 Å². The molecule has 0 heterocycles. The molecular weight excluding hydrogens is 227 g/mol. The summed E-state index contributed by atoms with van der Waals surface area (Å²) in [6.07, 6.45) is -4.31. The van der Waals surface area contributed by atoms with Crippen LogP contribution in [0.5, 0.6) is 0 Å². The smallest absolute Gasteiger partial charge is 0.336 e. The van der Waals surface area contributed by atoms with Gasteiger partial charge in [0.05, 0.1) is 5.75 Å². The van der Waals surface area contributed by atoms with Gasteiger partial charge in [0.2, 0.25) is 5.91 Å². The Morgan fingerprint density at radius 3 is 2.33 bits per heavy atom. The number of thioether (sulfide) groups is 1. The highest BCUT2D eigenvalue weighted by Gasteiger charge is 2.30. The monoisotopic (exact) mass is 243 g/mol. The molecule has 90 valence electrons. The minimum absolute atomic E-state index is 0.116. The largest absolute Gasteiger partial charge is 0.406 e. The van der Waals surface area contributed by atoms with Gasteiger partial charge in [0.1, 0.15) is 6.54 Å². The molecule has 0 aliphatic heterocycles. The number of hydrogen-bond acceptors (Lipinski definition) is 2. The Bertz CT molecular complexity index is 206. The predicted molar refractivity (Wildman–Crippen MR) is 55.9 cm³/mol. The third-order valence-electron chi connectivity index (χ3n) is 1.52. The molecule has 0 aliphatic rings. The fourth-order valence-corrected chi connectivity index (χ4v) is 1.83. The van der Waals surface area contributed by atoms with E-state index in [0.29, 0.717) is 10.8 Å². The maximum atomic E-state index is 11.9. The van der Waals surface area contributed by atoms with Crippen molar-refractivity contribution in [2.24, 2.45) is 5.92 Å². The van der Waals surface area contributed by atoms with Gasteiger partial charge in [0, 0.05) is 7.05 Å². The summed E-state index contributed by atoms with van der Waals surface area (Å²) in [6, 6.07) is 0. The van der Waals surface area contributed by atoms with Crippen molar-refractivity contribution in [2.75, 3.05) is 25.1 Å². The lowest BCUT2D eigenvalue weighted by molar-refractivity contribution is -0.156. The summed E-state index contributed by atoms with van der Waals surface area (Å²) >= 11 is 1.37. The molecule has 0 saturated heterocycles. The number of nitrogens with zero attached hydrogens (tertiary/aromatic N) is 1. The summed E-state index contributed by atoms with van der Waals surface area (Å²) in [5, 5.41) is 0. The maximum Gasteiger partial charge on any atom is 0.406 e. The SMILES string of the molecule is CC(C)CSCC(=O)N(C)CC(F)(F)F. The quantitative estimate of drug-likeness (QED) is 0.739. The van der Waals surface area contributed by atoms with E-state index in [4.69, 9.17) is 0 Å². The van der Waals surface area contributed by atoms with Gasteiger partial charge in [-0.15, -0.1) is 0 Å². The normalized spacial score (nSPS) is 11.9. The van der Waals surface area contributed by atoms with Gasteiger partial charge in [0.15, 0.2) is 0 Å². The Hall–Kier alpha value is -0.390. The van der Waals surface area contributed by atoms with Crippen molar-refractivity contribution in [3.05, 3.63) is 0 Å². The molecule has 0 bridgehead atoms. The van der Waals surface area contributed by atoms with E-state index in [-0.39, 0.29) is 5.75 Å². The summed E-state index contributed by atoms with van der Waals surface area (Å²) in [5.41, 5.74) is 0. The van der Waals surface area contributed by atoms with Gasteiger partial charge in [-0.25, -0.2) is 0 Å². The van der Waals surface area contributed by atoms with Crippen molar-refractivity contribution in [2.45, 2.75) is 20.0 Å². The van der Waals surface area contributed by atoms with Gasteiger partial charge in [-0.2, -0.15) is 24.9 Å². The van der Waals surface area contributed by atoms with Crippen molar-refractivity contribution >= 4 is 17.7 Å². The lowest BCUT2D eigenvalue weighted by Crippen LogP contribution is -2.36. The van der Waals surface area contributed by atoms with Gasteiger partial charge in [-0.1, -0.05) is 13.8 Å². The molecule has 0 unspecified atom stereocenters. The van der Waals surface area contributed by atoms with E-state index in [1.54, 1.807) is 0 Å². The first-order valence-corrected chi connectivity index (χ1v) is 5.76. The Morgan fingerprint density at radius 2 is 1.93 bits per heavy atom. The lowest BCUT2D eigenvalue weighted by atomic mass is 10.3. The molecule has 0 saturated carbocycles. The molecule has 2 nitrogen and oxygen atoms in total. The van der Waals surface area contributed by atoms with Crippen molar-refractivity contribution in [1.29, 1.82) is 0 Å². The summed E-state index contributed by atoms with van der Waals surface area (Å²) in [6.45, 7) is 2.82. The molecule has 0 aromatic rings.